The molecule has 0 aliphatic carbocycles. The van der Waals surface area contributed by atoms with Crippen LogP contribution in [-0.2, 0) is 0 Å². The van der Waals surface area contributed by atoms with Gasteiger partial charge < -0.3 is 10.0 Å². The van der Waals surface area contributed by atoms with Crippen molar-refractivity contribution in [2.45, 2.75) is 19.9 Å². The van der Waals surface area contributed by atoms with Crippen molar-refractivity contribution < 1.29 is 5.11 Å². The van der Waals surface area contributed by atoms with Gasteiger partial charge in [0.25, 0.3) is 0 Å². The Morgan fingerprint density at radius 2 is 2.20 bits per heavy atom. The number of hydrogen-bond acceptors (Lipinski definition) is 5. The van der Waals surface area contributed by atoms with Gasteiger partial charge in [0.2, 0.25) is 0 Å². The largest absolute Gasteiger partial charge is 0.395 e. The van der Waals surface area contributed by atoms with Gasteiger partial charge in [-0.05, 0) is 26.0 Å². The Morgan fingerprint density at radius 3 is 2.60 bits per heavy atom. The minimum Gasteiger partial charge on any atom is -0.395 e. The maximum Gasteiger partial charge on any atom is 0.163 e. The predicted molar refractivity (Wildman–Crippen MR) is 56.3 cm³/mol. The average Bonchev–Trinajstić information content (AvgIpc) is 2.26. The first-order valence-corrected chi connectivity index (χ1v) is 4.80. The lowest BCUT2D eigenvalue weighted by Gasteiger charge is -2.26. The van der Waals surface area contributed by atoms with Crippen molar-refractivity contribution >= 4 is 5.82 Å². The van der Waals surface area contributed by atoms with E-state index in [4.69, 9.17) is 10.4 Å². The SMILES string of the molecule is CC(C)N(CCO)c1ccc(C#N)nn1. The summed E-state index contributed by atoms with van der Waals surface area (Å²) in [6.07, 6.45) is 0. The molecule has 0 atom stereocenters. The molecule has 5 nitrogen and oxygen atoms in total. The van der Waals surface area contributed by atoms with E-state index in [0.29, 0.717) is 18.1 Å². The average molecular weight is 206 g/mol. The summed E-state index contributed by atoms with van der Waals surface area (Å²) >= 11 is 0. The van der Waals surface area contributed by atoms with Crippen LogP contribution in [0.3, 0.4) is 0 Å². The fourth-order valence-electron chi connectivity index (χ4n) is 1.28. The summed E-state index contributed by atoms with van der Waals surface area (Å²) in [6, 6.07) is 5.51. The van der Waals surface area contributed by atoms with Crippen molar-refractivity contribution in [3.8, 4) is 6.07 Å². The van der Waals surface area contributed by atoms with Gasteiger partial charge in [-0.2, -0.15) is 5.26 Å². The second kappa shape index (κ2) is 5.27. The zero-order valence-corrected chi connectivity index (χ0v) is 8.88. The molecule has 1 heterocycles. The molecule has 0 spiro atoms. The van der Waals surface area contributed by atoms with E-state index in [-0.39, 0.29) is 12.6 Å². The molecule has 1 aromatic heterocycles. The highest BCUT2D eigenvalue weighted by Crippen LogP contribution is 2.12. The van der Waals surface area contributed by atoms with Crippen LogP contribution in [0.25, 0.3) is 0 Å². The number of nitrogens with zero attached hydrogens (tertiary/aromatic N) is 4. The Bertz CT molecular complexity index is 341. The smallest absolute Gasteiger partial charge is 0.163 e. The summed E-state index contributed by atoms with van der Waals surface area (Å²) in [5.74, 6) is 0.679. The van der Waals surface area contributed by atoms with Crippen LogP contribution in [0.1, 0.15) is 19.5 Å². The van der Waals surface area contributed by atoms with Crippen molar-refractivity contribution in [1.29, 1.82) is 5.26 Å². The van der Waals surface area contributed by atoms with E-state index >= 15 is 0 Å². The summed E-state index contributed by atoms with van der Waals surface area (Å²) in [5.41, 5.74) is 0.298. The fraction of sp³-hybridized carbons (Fsp3) is 0.500. The Labute approximate surface area is 89.0 Å². The number of aromatic nitrogens is 2. The summed E-state index contributed by atoms with van der Waals surface area (Å²) < 4.78 is 0. The number of rotatable bonds is 4. The second-order valence-electron chi connectivity index (χ2n) is 3.40. The lowest BCUT2D eigenvalue weighted by molar-refractivity contribution is 0.298. The van der Waals surface area contributed by atoms with E-state index in [1.807, 2.05) is 24.8 Å². The van der Waals surface area contributed by atoms with Crippen LogP contribution in [0.2, 0.25) is 0 Å². The van der Waals surface area contributed by atoms with E-state index in [0.717, 1.165) is 0 Å². The molecule has 0 aromatic carbocycles. The summed E-state index contributed by atoms with van der Waals surface area (Å²) in [7, 11) is 0. The van der Waals surface area contributed by atoms with Crippen molar-refractivity contribution in [3.05, 3.63) is 17.8 Å². The van der Waals surface area contributed by atoms with Crippen LogP contribution in [-0.4, -0.2) is 34.5 Å². The first kappa shape index (κ1) is 11.4. The van der Waals surface area contributed by atoms with Crippen LogP contribution < -0.4 is 4.90 Å². The third kappa shape index (κ3) is 2.89. The van der Waals surface area contributed by atoms with Gasteiger partial charge in [0.15, 0.2) is 11.5 Å². The first-order valence-electron chi connectivity index (χ1n) is 4.80. The van der Waals surface area contributed by atoms with Gasteiger partial charge in [0.1, 0.15) is 6.07 Å². The number of nitriles is 1. The molecule has 1 aromatic rings. The highest BCUT2D eigenvalue weighted by Gasteiger charge is 2.11. The van der Waals surface area contributed by atoms with Crippen molar-refractivity contribution in [1.82, 2.24) is 10.2 Å². The van der Waals surface area contributed by atoms with E-state index in [2.05, 4.69) is 10.2 Å². The molecule has 0 aliphatic rings. The first-order chi connectivity index (χ1) is 7.19. The van der Waals surface area contributed by atoms with Gasteiger partial charge in [0.05, 0.1) is 6.61 Å². The fourth-order valence-corrected chi connectivity index (χ4v) is 1.28. The molecule has 15 heavy (non-hydrogen) atoms. The molecule has 0 bridgehead atoms. The third-order valence-electron chi connectivity index (χ3n) is 2.02. The molecule has 0 radical (unpaired) electrons. The van der Waals surface area contributed by atoms with Gasteiger partial charge >= 0.3 is 0 Å². The van der Waals surface area contributed by atoms with Crippen LogP contribution in [0.5, 0.6) is 0 Å². The molecule has 0 unspecified atom stereocenters. The highest BCUT2D eigenvalue weighted by molar-refractivity contribution is 5.39. The molecule has 1 rings (SSSR count). The Hall–Kier alpha value is -1.67. The Kier molecular flexibility index (Phi) is 4.01. The van der Waals surface area contributed by atoms with Crippen molar-refractivity contribution in [3.63, 3.8) is 0 Å². The Balaban J connectivity index is 2.87. The molecular formula is C10H14N4O. The predicted octanol–water partition coefficient (Wildman–Crippen LogP) is 0.555. The molecular weight excluding hydrogens is 192 g/mol. The van der Waals surface area contributed by atoms with Crippen molar-refractivity contribution in [2.75, 3.05) is 18.1 Å². The van der Waals surface area contributed by atoms with E-state index in [1.165, 1.54) is 0 Å². The maximum atomic E-state index is 8.91. The summed E-state index contributed by atoms with van der Waals surface area (Å²) in [4.78, 5) is 1.92. The molecule has 80 valence electrons. The summed E-state index contributed by atoms with van der Waals surface area (Å²) in [5, 5.41) is 25.2. The highest BCUT2D eigenvalue weighted by atomic mass is 16.3. The van der Waals surface area contributed by atoms with Gasteiger partial charge in [-0.3, -0.25) is 0 Å². The van der Waals surface area contributed by atoms with E-state index < -0.39 is 0 Å². The minimum absolute atomic E-state index is 0.0693. The van der Waals surface area contributed by atoms with Crippen LogP contribution >= 0.6 is 0 Å². The van der Waals surface area contributed by atoms with Crippen LogP contribution in [0.15, 0.2) is 12.1 Å². The third-order valence-corrected chi connectivity index (χ3v) is 2.02. The Morgan fingerprint density at radius 1 is 1.47 bits per heavy atom. The quantitative estimate of drug-likeness (QED) is 0.779. The number of anilines is 1. The minimum atomic E-state index is 0.0693. The number of aliphatic hydroxyl groups excluding tert-OH is 1. The number of hydrogen-bond donors (Lipinski definition) is 1. The standard InChI is InChI=1S/C10H14N4O/c1-8(2)14(5-6-15)10-4-3-9(7-11)12-13-10/h3-4,8,15H,5-6H2,1-2H3. The van der Waals surface area contributed by atoms with Gasteiger partial charge in [0, 0.05) is 12.6 Å². The van der Waals surface area contributed by atoms with Gasteiger partial charge in [-0.25, -0.2) is 0 Å². The lowest BCUT2D eigenvalue weighted by Crippen LogP contribution is -2.34. The summed E-state index contributed by atoms with van der Waals surface area (Å²) in [6.45, 7) is 4.60. The molecule has 1 N–H and O–H groups in total. The zero-order chi connectivity index (χ0) is 11.3. The monoisotopic (exact) mass is 206 g/mol. The maximum absolute atomic E-state index is 8.91. The topological polar surface area (TPSA) is 73.0 Å². The van der Waals surface area contributed by atoms with Crippen molar-refractivity contribution in [2.24, 2.45) is 0 Å². The van der Waals surface area contributed by atoms with Crippen LogP contribution in [0.4, 0.5) is 5.82 Å². The molecule has 5 heteroatoms. The molecule has 0 saturated heterocycles. The molecule has 0 amide bonds. The van der Waals surface area contributed by atoms with E-state index in [9.17, 15) is 0 Å². The molecule has 0 fully saturated rings. The van der Waals surface area contributed by atoms with Gasteiger partial charge in [-0.15, -0.1) is 10.2 Å². The van der Waals surface area contributed by atoms with Gasteiger partial charge in [-0.1, -0.05) is 0 Å². The van der Waals surface area contributed by atoms with E-state index in [1.54, 1.807) is 12.1 Å². The van der Waals surface area contributed by atoms with Crippen LogP contribution in [0, 0.1) is 11.3 Å². The molecule has 0 saturated carbocycles. The molecule has 0 aliphatic heterocycles. The zero-order valence-electron chi connectivity index (χ0n) is 8.88. The second-order valence-corrected chi connectivity index (χ2v) is 3.40. The normalized spacial score (nSPS) is 10.1. The number of aliphatic hydroxyl groups is 1. The lowest BCUT2D eigenvalue weighted by atomic mass is 10.3.